The van der Waals surface area contributed by atoms with Crippen LogP contribution in [-0.2, 0) is 21.2 Å². The fraction of sp³-hybridized carbons (Fsp3) is 0.333. The minimum atomic E-state index is -3.51. The summed E-state index contributed by atoms with van der Waals surface area (Å²) < 4.78 is 26.8. The molecule has 4 rings (SSSR count). The maximum Gasteiger partial charge on any atom is 0.319 e. The van der Waals surface area contributed by atoms with Gasteiger partial charge in [0.15, 0.2) is 0 Å². The number of hydrogen-bond donors (Lipinski definition) is 3. The minimum Gasteiger partial charge on any atom is -0.360 e. The molecule has 2 aromatic carbocycles. The van der Waals surface area contributed by atoms with Crippen molar-refractivity contribution in [1.82, 2.24) is 10.6 Å². The standard InChI is InChI=1S/C21H25N5O4S/c27-20-15-25(13-10-22-20)18-7-5-17(6-8-18)24-21(28)23-11-14-31(29,30)26-12-9-16-3-1-2-4-19(16)26/h1-8H,9-15H2,(H,22,27)(H2,23,24,28). The van der Waals surface area contributed by atoms with Crippen molar-refractivity contribution in [3.63, 3.8) is 0 Å². The molecule has 1 fully saturated rings. The van der Waals surface area contributed by atoms with E-state index < -0.39 is 16.1 Å². The van der Waals surface area contributed by atoms with E-state index in [1.165, 1.54) is 4.31 Å². The molecule has 164 valence electrons. The number of rotatable bonds is 6. The molecule has 0 aromatic heterocycles. The van der Waals surface area contributed by atoms with Crippen LogP contribution in [0.3, 0.4) is 0 Å². The summed E-state index contributed by atoms with van der Waals surface area (Å²) in [7, 11) is -3.51. The molecule has 3 amide bonds. The Bertz CT molecular complexity index is 1070. The first-order chi connectivity index (χ1) is 14.9. The Hall–Kier alpha value is -3.27. The van der Waals surface area contributed by atoms with Gasteiger partial charge in [-0.25, -0.2) is 13.2 Å². The van der Waals surface area contributed by atoms with Crippen molar-refractivity contribution in [1.29, 1.82) is 0 Å². The lowest BCUT2D eigenvalue weighted by molar-refractivity contribution is -0.120. The Kier molecular flexibility index (Phi) is 5.99. The molecule has 31 heavy (non-hydrogen) atoms. The summed E-state index contributed by atoms with van der Waals surface area (Å²) in [6.07, 6.45) is 0.696. The highest BCUT2D eigenvalue weighted by atomic mass is 32.2. The topological polar surface area (TPSA) is 111 Å². The highest BCUT2D eigenvalue weighted by Crippen LogP contribution is 2.29. The largest absolute Gasteiger partial charge is 0.360 e. The van der Waals surface area contributed by atoms with Gasteiger partial charge in [-0.15, -0.1) is 0 Å². The number of anilines is 3. The molecule has 0 atom stereocenters. The molecule has 2 aromatic rings. The monoisotopic (exact) mass is 443 g/mol. The van der Waals surface area contributed by atoms with Gasteiger partial charge in [0.2, 0.25) is 15.9 Å². The van der Waals surface area contributed by atoms with Crippen molar-refractivity contribution in [2.75, 3.05) is 53.0 Å². The predicted octanol–water partition coefficient (Wildman–Crippen LogP) is 1.14. The van der Waals surface area contributed by atoms with E-state index in [1.54, 1.807) is 18.2 Å². The number of sulfonamides is 1. The van der Waals surface area contributed by atoms with Crippen molar-refractivity contribution in [2.24, 2.45) is 0 Å². The van der Waals surface area contributed by atoms with Gasteiger partial charge in [-0.3, -0.25) is 9.10 Å². The number of para-hydroxylation sites is 1. The molecule has 2 heterocycles. The zero-order valence-corrected chi connectivity index (χ0v) is 17.8. The van der Waals surface area contributed by atoms with Gasteiger partial charge in [-0.05, 0) is 42.3 Å². The van der Waals surface area contributed by atoms with Gasteiger partial charge in [-0.2, -0.15) is 0 Å². The molecule has 0 unspecified atom stereocenters. The Morgan fingerprint density at radius 2 is 1.84 bits per heavy atom. The molecule has 3 N–H and O–H groups in total. The van der Waals surface area contributed by atoms with Crippen LogP contribution in [0.4, 0.5) is 21.9 Å². The van der Waals surface area contributed by atoms with Gasteiger partial charge in [0, 0.05) is 37.6 Å². The third kappa shape index (κ3) is 4.91. The Balaban J connectivity index is 1.26. The Labute approximate surface area is 181 Å². The van der Waals surface area contributed by atoms with E-state index in [4.69, 9.17) is 0 Å². The average Bonchev–Trinajstić information content (AvgIpc) is 3.19. The molecule has 0 aliphatic carbocycles. The lowest BCUT2D eigenvalue weighted by Gasteiger charge is -2.28. The molecule has 10 heteroatoms. The van der Waals surface area contributed by atoms with Crippen LogP contribution in [0.1, 0.15) is 5.56 Å². The van der Waals surface area contributed by atoms with Crippen molar-refractivity contribution in [2.45, 2.75) is 6.42 Å². The van der Waals surface area contributed by atoms with E-state index in [0.29, 0.717) is 31.7 Å². The predicted molar refractivity (Wildman–Crippen MR) is 120 cm³/mol. The maximum atomic E-state index is 12.7. The smallest absolute Gasteiger partial charge is 0.319 e. The second kappa shape index (κ2) is 8.84. The molecule has 1 saturated heterocycles. The second-order valence-corrected chi connectivity index (χ2v) is 9.48. The number of benzene rings is 2. The van der Waals surface area contributed by atoms with Gasteiger partial charge in [0.1, 0.15) is 0 Å². The number of piperazine rings is 1. The summed E-state index contributed by atoms with van der Waals surface area (Å²) in [6.45, 7) is 2.08. The highest BCUT2D eigenvalue weighted by Gasteiger charge is 2.28. The van der Waals surface area contributed by atoms with Crippen LogP contribution in [-0.4, -0.2) is 58.8 Å². The maximum absolute atomic E-state index is 12.7. The first-order valence-corrected chi connectivity index (χ1v) is 11.8. The molecule has 9 nitrogen and oxygen atoms in total. The highest BCUT2D eigenvalue weighted by molar-refractivity contribution is 7.92. The first kappa shape index (κ1) is 21.0. The fourth-order valence-electron chi connectivity index (χ4n) is 3.79. The lowest BCUT2D eigenvalue weighted by Crippen LogP contribution is -2.47. The van der Waals surface area contributed by atoms with E-state index in [9.17, 15) is 18.0 Å². The van der Waals surface area contributed by atoms with Crippen molar-refractivity contribution in [3.05, 3.63) is 54.1 Å². The van der Waals surface area contributed by atoms with Crippen molar-refractivity contribution >= 4 is 39.0 Å². The number of nitrogens with one attached hydrogen (secondary N) is 3. The fourth-order valence-corrected chi connectivity index (χ4v) is 5.22. The van der Waals surface area contributed by atoms with Crippen LogP contribution in [0.5, 0.6) is 0 Å². The van der Waals surface area contributed by atoms with Gasteiger partial charge in [0.05, 0.1) is 18.0 Å². The zero-order chi connectivity index (χ0) is 21.8. The first-order valence-electron chi connectivity index (χ1n) is 10.2. The summed E-state index contributed by atoms with van der Waals surface area (Å²) in [5, 5.41) is 8.08. The minimum absolute atomic E-state index is 0.00774. The molecule has 0 bridgehead atoms. The summed E-state index contributed by atoms with van der Waals surface area (Å²) in [5.74, 6) is -0.190. The molecule has 2 aliphatic rings. The zero-order valence-electron chi connectivity index (χ0n) is 17.0. The average molecular weight is 444 g/mol. The third-order valence-corrected chi connectivity index (χ3v) is 7.13. The van der Waals surface area contributed by atoms with Crippen LogP contribution < -0.4 is 25.2 Å². The van der Waals surface area contributed by atoms with E-state index in [0.717, 1.165) is 23.5 Å². The van der Waals surface area contributed by atoms with Crippen LogP contribution in [0, 0.1) is 0 Å². The number of nitrogens with zero attached hydrogens (tertiary/aromatic N) is 2. The molecule has 2 aliphatic heterocycles. The lowest BCUT2D eigenvalue weighted by atomic mass is 10.2. The summed E-state index contributed by atoms with van der Waals surface area (Å²) in [4.78, 5) is 25.6. The van der Waals surface area contributed by atoms with E-state index >= 15 is 0 Å². The number of hydrogen-bond acceptors (Lipinski definition) is 5. The van der Waals surface area contributed by atoms with Crippen molar-refractivity contribution < 1.29 is 18.0 Å². The number of carbonyl (C=O) groups excluding carboxylic acids is 2. The van der Waals surface area contributed by atoms with E-state index in [2.05, 4.69) is 16.0 Å². The van der Waals surface area contributed by atoms with Crippen LogP contribution >= 0.6 is 0 Å². The molecule has 0 spiro atoms. The van der Waals surface area contributed by atoms with Gasteiger partial charge < -0.3 is 20.9 Å². The number of fused-ring (bicyclic) bond motifs is 1. The quantitative estimate of drug-likeness (QED) is 0.620. The van der Waals surface area contributed by atoms with Crippen molar-refractivity contribution in [3.8, 4) is 0 Å². The normalized spacial score (nSPS) is 15.9. The van der Waals surface area contributed by atoms with Crippen LogP contribution in [0.25, 0.3) is 0 Å². The summed E-state index contributed by atoms with van der Waals surface area (Å²) in [5.41, 5.74) is 3.22. The third-order valence-electron chi connectivity index (χ3n) is 5.35. The number of amides is 3. The Morgan fingerprint density at radius 3 is 2.61 bits per heavy atom. The SMILES string of the molecule is O=C1CN(c2ccc(NC(=O)NCCS(=O)(=O)N3CCc4ccccc43)cc2)CCN1. The summed E-state index contributed by atoms with van der Waals surface area (Å²) >= 11 is 0. The number of carbonyl (C=O) groups is 2. The second-order valence-electron chi connectivity index (χ2n) is 7.47. The molecular weight excluding hydrogens is 418 g/mol. The molecular formula is C21H25N5O4S. The molecule has 0 saturated carbocycles. The van der Waals surface area contributed by atoms with Crippen LogP contribution in [0.15, 0.2) is 48.5 Å². The van der Waals surface area contributed by atoms with Gasteiger partial charge in [0.25, 0.3) is 0 Å². The van der Waals surface area contributed by atoms with E-state index in [1.807, 2.05) is 35.2 Å². The van der Waals surface area contributed by atoms with Gasteiger partial charge >= 0.3 is 6.03 Å². The van der Waals surface area contributed by atoms with Crippen LogP contribution in [0.2, 0.25) is 0 Å². The number of urea groups is 1. The van der Waals surface area contributed by atoms with Gasteiger partial charge in [-0.1, -0.05) is 18.2 Å². The summed E-state index contributed by atoms with van der Waals surface area (Å²) in [6, 6.07) is 14.2. The Morgan fingerprint density at radius 1 is 1.06 bits per heavy atom. The van der Waals surface area contributed by atoms with E-state index in [-0.39, 0.29) is 18.2 Å². The molecule has 0 radical (unpaired) electrons.